The van der Waals surface area contributed by atoms with E-state index in [1.807, 2.05) is 0 Å². The van der Waals surface area contributed by atoms with E-state index in [0.29, 0.717) is 13.0 Å². The molecule has 1 atom stereocenters. The molecule has 0 aromatic heterocycles. The Morgan fingerprint density at radius 2 is 1.69 bits per heavy atom. The summed E-state index contributed by atoms with van der Waals surface area (Å²) in [5, 5.41) is 0. The van der Waals surface area contributed by atoms with Gasteiger partial charge in [-0.1, -0.05) is 26.7 Å². The van der Waals surface area contributed by atoms with Crippen molar-refractivity contribution in [2.75, 3.05) is 19.6 Å². The van der Waals surface area contributed by atoms with Crippen molar-refractivity contribution in [3.05, 3.63) is 0 Å². The quantitative estimate of drug-likeness (QED) is 0.589. The molecule has 1 amide bonds. The lowest BCUT2D eigenvalue weighted by atomic mass is 10.1. The van der Waals surface area contributed by atoms with Crippen LogP contribution in [0.5, 0.6) is 0 Å². The first kappa shape index (κ1) is 15.4. The second-order valence-electron chi connectivity index (χ2n) is 4.30. The van der Waals surface area contributed by atoms with Crippen LogP contribution in [0.15, 0.2) is 0 Å². The molecule has 96 valence electrons. The van der Waals surface area contributed by atoms with Gasteiger partial charge in [0.25, 0.3) is 0 Å². The van der Waals surface area contributed by atoms with E-state index in [9.17, 15) is 4.79 Å². The first-order valence-corrected chi connectivity index (χ1v) is 6.38. The van der Waals surface area contributed by atoms with Crippen LogP contribution in [0.25, 0.3) is 0 Å². The van der Waals surface area contributed by atoms with E-state index in [2.05, 4.69) is 18.7 Å². The van der Waals surface area contributed by atoms with Crippen LogP contribution in [0, 0.1) is 0 Å². The number of rotatable bonds is 10. The second kappa shape index (κ2) is 9.60. The zero-order valence-electron chi connectivity index (χ0n) is 10.7. The van der Waals surface area contributed by atoms with Crippen LogP contribution in [-0.2, 0) is 4.79 Å². The minimum Gasteiger partial charge on any atom is -0.370 e. The van der Waals surface area contributed by atoms with E-state index in [-0.39, 0.29) is 11.9 Å². The number of unbranched alkanes of at least 4 members (excludes halogenated alkanes) is 2. The average molecular weight is 229 g/mol. The van der Waals surface area contributed by atoms with Crippen molar-refractivity contribution < 1.29 is 4.79 Å². The molecule has 0 radical (unpaired) electrons. The lowest BCUT2D eigenvalue weighted by molar-refractivity contribution is -0.119. The van der Waals surface area contributed by atoms with Gasteiger partial charge in [0.05, 0.1) is 0 Å². The number of nitrogens with two attached hydrogens (primary N) is 2. The van der Waals surface area contributed by atoms with Crippen LogP contribution >= 0.6 is 0 Å². The van der Waals surface area contributed by atoms with Crippen molar-refractivity contribution in [3.63, 3.8) is 0 Å². The molecule has 0 heterocycles. The molecule has 0 aliphatic heterocycles. The fourth-order valence-corrected chi connectivity index (χ4v) is 1.79. The van der Waals surface area contributed by atoms with Gasteiger partial charge in [-0.15, -0.1) is 0 Å². The number of nitrogens with zero attached hydrogens (tertiary/aromatic N) is 1. The molecule has 0 bridgehead atoms. The SMILES string of the molecule is CCCCN(CCCC)C(CN)CC(N)=O. The van der Waals surface area contributed by atoms with Crippen LogP contribution in [0.4, 0.5) is 0 Å². The highest BCUT2D eigenvalue weighted by Crippen LogP contribution is 2.07. The van der Waals surface area contributed by atoms with Gasteiger partial charge in [-0.2, -0.15) is 0 Å². The molecule has 4 N–H and O–H groups in total. The van der Waals surface area contributed by atoms with Gasteiger partial charge in [0.15, 0.2) is 0 Å². The van der Waals surface area contributed by atoms with Crippen LogP contribution in [-0.4, -0.2) is 36.5 Å². The number of carbonyl (C=O) groups is 1. The molecule has 4 nitrogen and oxygen atoms in total. The Hall–Kier alpha value is -0.610. The van der Waals surface area contributed by atoms with E-state index in [0.717, 1.165) is 38.8 Å². The van der Waals surface area contributed by atoms with Crippen LogP contribution in [0.3, 0.4) is 0 Å². The van der Waals surface area contributed by atoms with Gasteiger partial charge in [0, 0.05) is 19.0 Å². The molecular formula is C12H27N3O. The number of hydrogen-bond acceptors (Lipinski definition) is 3. The predicted molar refractivity (Wildman–Crippen MR) is 68.0 cm³/mol. The van der Waals surface area contributed by atoms with Gasteiger partial charge in [0.2, 0.25) is 5.91 Å². The van der Waals surface area contributed by atoms with Crippen molar-refractivity contribution >= 4 is 5.91 Å². The van der Waals surface area contributed by atoms with Gasteiger partial charge >= 0.3 is 0 Å². The second-order valence-corrected chi connectivity index (χ2v) is 4.30. The van der Waals surface area contributed by atoms with Crippen molar-refractivity contribution in [2.45, 2.75) is 52.0 Å². The van der Waals surface area contributed by atoms with Gasteiger partial charge < -0.3 is 11.5 Å². The normalized spacial score (nSPS) is 13.0. The molecule has 0 saturated carbocycles. The van der Waals surface area contributed by atoms with Crippen LogP contribution < -0.4 is 11.5 Å². The Morgan fingerprint density at radius 1 is 1.19 bits per heavy atom. The van der Waals surface area contributed by atoms with Gasteiger partial charge in [-0.05, 0) is 25.9 Å². The highest BCUT2D eigenvalue weighted by atomic mass is 16.1. The third-order valence-corrected chi connectivity index (χ3v) is 2.82. The molecule has 4 heteroatoms. The number of primary amides is 1. The third kappa shape index (κ3) is 6.80. The predicted octanol–water partition coefficient (Wildman–Crippen LogP) is 1.09. The van der Waals surface area contributed by atoms with E-state index >= 15 is 0 Å². The first-order valence-electron chi connectivity index (χ1n) is 6.38. The number of amides is 1. The summed E-state index contributed by atoms with van der Waals surface area (Å²) in [6.07, 6.45) is 5.01. The van der Waals surface area contributed by atoms with Crippen LogP contribution in [0.1, 0.15) is 46.0 Å². The summed E-state index contributed by atoms with van der Waals surface area (Å²) in [7, 11) is 0. The molecular weight excluding hydrogens is 202 g/mol. The monoisotopic (exact) mass is 229 g/mol. The van der Waals surface area contributed by atoms with Gasteiger partial charge in [0.1, 0.15) is 0 Å². The van der Waals surface area contributed by atoms with Crippen molar-refractivity contribution in [1.29, 1.82) is 0 Å². The Bertz CT molecular complexity index is 177. The number of carbonyl (C=O) groups excluding carboxylic acids is 1. The summed E-state index contributed by atoms with van der Waals surface area (Å²) in [6, 6.07) is 0.121. The highest BCUT2D eigenvalue weighted by molar-refractivity contribution is 5.74. The Balaban J connectivity index is 4.23. The van der Waals surface area contributed by atoms with Crippen molar-refractivity contribution in [1.82, 2.24) is 4.90 Å². The summed E-state index contributed by atoms with van der Waals surface area (Å²) >= 11 is 0. The minimum atomic E-state index is -0.256. The van der Waals surface area contributed by atoms with Gasteiger partial charge in [-0.25, -0.2) is 0 Å². The highest BCUT2D eigenvalue weighted by Gasteiger charge is 2.18. The maximum absolute atomic E-state index is 11.0. The van der Waals surface area contributed by atoms with E-state index in [1.54, 1.807) is 0 Å². The summed E-state index contributed by atoms with van der Waals surface area (Å²) in [6.45, 7) is 6.89. The Labute approximate surface area is 99.4 Å². The fraction of sp³-hybridized carbons (Fsp3) is 0.917. The van der Waals surface area contributed by atoms with E-state index in [4.69, 9.17) is 11.5 Å². The molecule has 0 rings (SSSR count). The summed E-state index contributed by atoms with van der Waals surface area (Å²) in [5.74, 6) is -0.256. The lowest BCUT2D eigenvalue weighted by Gasteiger charge is -2.30. The Morgan fingerprint density at radius 3 is 2.00 bits per heavy atom. The third-order valence-electron chi connectivity index (χ3n) is 2.82. The minimum absolute atomic E-state index is 0.121. The van der Waals surface area contributed by atoms with Crippen LogP contribution in [0.2, 0.25) is 0 Å². The molecule has 1 unspecified atom stereocenters. The molecule has 0 aliphatic rings. The first-order chi connectivity index (χ1) is 7.65. The topological polar surface area (TPSA) is 72.3 Å². The van der Waals surface area contributed by atoms with E-state index in [1.165, 1.54) is 0 Å². The maximum Gasteiger partial charge on any atom is 0.219 e. The summed E-state index contributed by atoms with van der Waals surface area (Å²) in [5.41, 5.74) is 11.0. The maximum atomic E-state index is 11.0. The molecule has 0 aliphatic carbocycles. The lowest BCUT2D eigenvalue weighted by Crippen LogP contribution is -2.44. The van der Waals surface area contributed by atoms with Gasteiger partial charge in [-0.3, -0.25) is 9.69 Å². The Kier molecular flexibility index (Phi) is 9.24. The largest absolute Gasteiger partial charge is 0.370 e. The average Bonchev–Trinajstić information content (AvgIpc) is 2.26. The number of hydrogen-bond donors (Lipinski definition) is 2. The van der Waals surface area contributed by atoms with Crippen molar-refractivity contribution in [2.24, 2.45) is 11.5 Å². The molecule has 0 spiro atoms. The molecule has 16 heavy (non-hydrogen) atoms. The molecule has 0 fully saturated rings. The standard InChI is InChI=1S/C12H27N3O/c1-3-5-7-15(8-6-4-2)11(10-13)9-12(14)16/h11H,3-10,13H2,1-2H3,(H2,14,16). The molecule has 0 aromatic rings. The van der Waals surface area contributed by atoms with E-state index < -0.39 is 0 Å². The summed E-state index contributed by atoms with van der Waals surface area (Å²) in [4.78, 5) is 13.3. The summed E-state index contributed by atoms with van der Waals surface area (Å²) < 4.78 is 0. The van der Waals surface area contributed by atoms with Crippen molar-refractivity contribution in [3.8, 4) is 0 Å². The smallest absolute Gasteiger partial charge is 0.219 e. The molecule has 0 aromatic carbocycles. The zero-order valence-corrected chi connectivity index (χ0v) is 10.7. The fourth-order valence-electron chi connectivity index (χ4n) is 1.79. The molecule has 0 saturated heterocycles. The zero-order chi connectivity index (χ0) is 12.4.